The number of hydrogen-bond donors (Lipinski definition) is 4. The Morgan fingerprint density at radius 2 is 1.52 bits per heavy atom. The van der Waals surface area contributed by atoms with Gasteiger partial charge in [0.05, 0.1) is 16.3 Å². The molecule has 0 unspecified atom stereocenters. The molecule has 5 N–H and O–H groups in total. The molecule has 4 aromatic carbocycles. The molecule has 0 atom stereocenters. The van der Waals surface area contributed by atoms with Crippen molar-refractivity contribution in [1.29, 1.82) is 5.41 Å². The van der Waals surface area contributed by atoms with Crippen molar-refractivity contribution in [3.63, 3.8) is 0 Å². The predicted molar refractivity (Wildman–Crippen MR) is 150 cm³/mol. The second-order valence-corrected chi connectivity index (χ2v) is 11.3. The molecule has 4 aromatic rings. The van der Waals surface area contributed by atoms with Crippen molar-refractivity contribution < 1.29 is 120 Å². The molecular weight excluding hydrogens is 641 g/mol. The SMILES string of the molecule is N=C1[C-]=C(S(=O)(=O)[O-])/C(=N/Nc2ccc(N=Nc3c(S(=O)(=O)[O-])cc4cc(N)ccc4c3O)c3ccccc23)C=C1.[Na+].[Na+].[Na+]. The fraction of sp³-hybridized carbons (Fsp3) is 0. The van der Waals surface area contributed by atoms with Crippen molar-refractivity contribution in [2.45, 2.75) is 4.90 Å². The smallest absolute Gasteiger partial charge is 0.746 e. The zero-order valence-corrected chi connectivity index (χ0v) is 31.2. The number of allylic oxidation sites excluding steroid dienone is 4. The Labute approximate surface area is 318 Å². The molecule has 0 amide bonds. The maximum atomic E-state index is 12.0. The molecule has 18 heteroatoms. The molecule has 0 heterocycles. The van der Waals surface area contributed by atoms with E-state index in [1.807, 2.05) is 0 Å². The standard InChI is InChI=1S/C26H19N6O7S2.3Na/c27-15-5-7-17-14(11-15)12-24(41(37,38)39)25(26(17)33)32-30-21-10-9-20(18-3-1-2-4-19(18)21)29-31-22-8-6-16(28)13-23(22)40(34,35)36;;;/h1-12,28-29,33H,27H2,(H,34,35,36)(H,37,38,39);;;/q-1;3*+1/p-2/b28-16?,31-22+,32-30?;;;. The molecule has 1 aliphatic rings. The first-order valence-corrected chi connectivity index (χ1v) is 14.3. The number of rotatable bonds is 6. The molecule has 0 aromatic heterocycles. The number of aromatic hydroxyl groups is 1. The number of fused-ring (bicyclic) bond motifs is 2. The minimum absolute atomic E-state index is 0. The van der Waals surface area contributed by atoms with Crippen LogP contribution < -0.4 is 99.8 Å². The molecular formula is C26H17N6Na3O7S2. The first-order valence-electron chi connectivity index (χ1n) is 11.5. The monoisotopic (exact) mass is 658 g/mol. The van der Waals surface area contributed by atoms with Gasteiger partial charge >= 0.3 is 88.7 Å². The summed E-state index contributed by atoms with van der Waals surface area (Å²) < 4.78 is 70.8. The van der Waals surface area contributed by atoms with Gasteiger partial charge in [0.1, 0.15) is 25.9 Å². The first-order chi connectivity index (χ1) is 19.3. The van der Waals surface area contributed by atoms with Crippen molar-refractivity contribution in [2.24, 2.45) is 15.3 Å². The van der Waals surface area contributed by atoms with Crippen molar-refractivity contribution in [2.75, 3.05) is 11.2 Å². The number of benzene rings is 4. The molecule has 0 bridgehead atoms. The summed E-state index contributed by atoms with van der Waals surface area (Å²) in [5.41, 5.74) is 8.25. The Morgan fingerprint density at radius 3 is 2.18 bits per heavy atom. The summed E-state index contributed by atoms with van der Waals surface area (Å²) in [6.45, 7) is 0. The molecule has 0 radical (unpaired) electrons. The molecule has 0 saturated carbocycles. The van der Waals surface area contributed by atoms with Crippen LogP contribution >= 0.6 is 0 Å². The summed E-state index contributed by atoms with van der Waals surface area (Å²) in [5, 5.41) is 31.8. The van der Waals surface area contributed by atoms with E-state index in [0.29, 0.717) is 22.1 Å². The summed E-state index contributed by atoms with van der Waals surface area (Å²) in [5.74, 6) is -0.568. The molecule has 5 rings (SSSR count). The van der Waals surface area contributed by atoms with Crippen LogP contribution in [0, 0.1) is 11.5 Å². The van der Waals surface area contributed by atoms with Gasteiger partial charge in [-0.1, -0.05) is 30.0 Å². The van der Waals surface area contributed by atoms with E-state index in [1.165, 1.54) is 42.5 Å². The third-order valence-corrected chi connectivity index (χ3v) is 7.60. The van der Waals surface area contributed by atoms with E-state index in [0.717, 1.165) is 6.07 Å². The van der Waals surface area contributed by atoms with Crippen LogP contribution in [-0.2, 0) is 20.2 Å². The number of hydrazone groups is 1. The van der Waals surface area contributed by atoms with Gasteiger partial charge in [-0.05, 0) is 52.4 Å². The van der Waals surface area contributed by atoms with Crippen LogP contribution in [0.5, 0.6) is 5.75 Å². The molecule has 208 valence electrons. The van der Waals surface area contributed by atoms with Gasteiger partial charge in [0, 0.05) is 21.8 Å². The third kappa shape index (κ3) is 8.24. The van der Waals surface area contributed by atoms with Crippen molar-refractivity contribution >= 4 is 76.0 Å². The topological polar surface area (TPSA) is 234 Å². The predicted octanol–water partition coefficient (Wildman–Crippen LogP) is -4.80. The van der Waals surface area contributed by atoms with Crippen LogP contribution in [0.3, 0.4) is 0 Å². The fourth-order valence-electron chi connectivity index (χ4n) is 4.09. The van der Waals surface area contributed by atoms with Crippen LogP contribution in [0.1, 0.15) is 0 Å². The zero-order chi connectivity index (χ0) is 29.5. The number of hydrogen-bond acceptors (Lipinski definition) is 13. The number of azo groups is 1. The minimum Gasteiger partial charge on any atom is -0.746 e. The van der Waals surface area contributed by atoms with Crippen molar-refractivity contribution in [3.8, 4) is 5.75 Å². The average Bonchev–Trinajstić information content (AvgIpc) is 2.91. The van der Waals surface area contributed by atoms with Gasteiger partial charge in [-0.2, -0.15) is 0 Å². The Hall–Kier alpha value is -1.96. The second kappa shape index (κ2) is 15.1. The van der Waals surface area contributed by atoms with Gasteiger partial charge < -0.3 is 25.4 Å². The summed E-state index contributed by atoms with van der Waals surface area (Å²) in [6.07, 6.45) is 4.59. The molecule has 0 aliphatic heterocycles. The third-order valence-electron chi connectivity index (χ3n) is 5.94. The van der Waals surface area contributed by atoms with Crippen LogP contribution in [0.25, 0.3) is 21.5 Å². The summed E-state index contributed by atoms with van der Waals surface area (Å²) in [7, 11) is -10.0. The van der Waals surface area contributed by atoms with Crippen LogP contribution in [-0.4, -0.2) is 42.5 Å². The maximum Gasteiger partial charge on any atom is 1.00 e. The summed E-state index contributed by atoms with van der Waals surface area (Å²) >= 11 is 0. The van der Waals surface area contributed by atoms with Crippen LogP contribution in [0.15, 0.2) is 97.9 Å². The minimum atomic E-state index is -5.07. The number of phenols is 1. The second-order valence-electron chi connectivity index (χ2n) is 8.65. The van der Waals surface area contributed by atoms with E-state index < -0.39 is 41.5 Å². The van der Waals surface area contributed by atoms with Gasteiger partial charge in [-0.3, -0.25) is 5.43 Å². The molecule has 13 nitrogen and oxygen atoms in total. The Balaban J connectivity index is 0.00000225. The Kier molecular flexibility index (Phi) is 13.1. The molecule has 44 heavy (non-hydrogen) atoms. The van der Waals surface area contributed by atoms with E-state index in [2.05, 4.69) is 26.8 Å². The number of anilines is 2. The van der Waals surface area contributed by atoms with Gasteiger partial charge in [-0.15, -0.1) is 28.5 Å². The molecule has 0 fully saturated rings. The molecule has 0 saturated heterocycles. The van der Waals surface area contributed by atoms with Gasteiger partial charge in [0.15, 0.2) is 5.75 Å². The normalized spacial score (nSPS) is 14.2. The maximum absolute atomic E-state index is 12.0. The van der Waals surface area contributed by atoms with E-state index in [1.54, 1.807) is 24.3 Å². The van der Waals surface area contributed by atoms with E-state index >= 15 is 0 Å². The van der Waals surface area contributed by atoms with Gasteiger partial charge in [-0.25, -0.2) is 21.9 Å². The number of nitrogens with zero attached hydrogens (tertiary/aromatic N) is 3. The van der Waals surface area contributed by atoms with E-state index in [-0.39, 0.29) is 117 Å². The molecule has 0 spiro atoms. The number of nitrogens with two attached hydrogens (primary N) is 1. The van der Waals surface area contributed by atoms with Crippen LogP contribution in [0.2, 0.25) is 0 Å². The summed E-state index contributed by atoms with van der Waals surface area (Å²) in [4.78, 5) is -1.56. The number of nitrogen functional groups attached to an aromatic ring is 1. The van der Waals surface area contributed by atoms with Crippen molar-refractivity contribution in [1.82, 2.24) is 0 Å². The van der Waals surface area contributed by atoms with E-state index in [9.17, 15) is 31.0 Å². The number of nitrogens with one attached hydrogen (secondary N) is 2. The quantitative estimate of drug-likeness (QED) is 0.0296. The van der Waals surface area contributed by atoms with Gasteiger partial charge in [0.2, 0.25) is 0 Å². The Morgan fingerprint density at radius 1 is 0.841 bits per heavy atom. The Bertz CT molecular complexity index is 2140. The summed E-state index contributed by atoms with van der Waals surface area (Å²) in [6, 6.07) is 15.2. The molecule has 1 aliphatic carbocycles. The van der Waals surface area contributed by atoms with Crippen LogP contribution in [0.4, 0.5) is 22.7 Å². The largest absolute Gasteiger partial charge is 1.00 e. The zero-order valence-electron chi connectivity index (χ0n) is 23.6. The van der Waals surface area contributed by atoms with Crippen molar-refractivity contribution in [3.05, 3.63) is 83.8 Å². The van der Waals surface area contributed by atoms with E-state index in [4.69, 9.17) is 11.1 Å². The first kappa shape index (κ1) is 38.2. The fourth-order valence-corrected chi connectivity index (χ4v) is 5.34. The average molecular weight is 659 g/mol. The number of phenolic OH excluding ortho intramolecular Hbond substituents is 1. The van der Waals surface area contributed by atoms with Gasteiger partial charge in [0.25, 0.3) is 0 Å².